The standard InChI is InChI=1S/C14H24N2S/c1-11(2)12-9-15-13(17)16(12)10-14(3)7-5-4-6-8-14/h9,11H,4-8,10H2,1-3H3,(H,15,17). The molecular weight excluding hydrogens is 228 g/mol. The molecule has 0 radical (unpaired) electrons. The first-order chi connectivity index (χ1) is 8.02. The van der Waals surface area contributed by atoms with Gasteiger partial charge in [-0.2, -0.15) is 0 Å². The van der Waals surface area contributed by atoms with Crippen LogP contribution in [0.3, 0.4) is 0 Å². The van der Waals surface area contributed by atoms with Crippen LogP contribution in [0.25, 0.3) is 0 Å². The Morgan fingerprint density at radius 2 is 2.00 bits per heavy atom. The molecule has 3 heteroatoms. The molecule has 2 nitrogen and oxygen atoms in total. The largest absolute Gasteiger partial charge is 0.337 e. The maximum Gasteiger partial charge on any atom is 0.177 e. The molecule has 0 saturated heterocycles. The third-order valence-electron chi connectivity index (χ3n) is 4.09. The van der Waals surface area contributed by atoms with Gasteiger partial charge in [0.15, 0.2) is 4.77 Å². The van der Waals surface area contributed by atoms with Crippen LogP contribution in [-0.2, 0) is 6.54 Å². The third kappa shape index (κ3) is 2.82. The van der Waals surface area contributed by atoms with E-state index in [0.717, 1.165) is 11.3 Å². The Kier molecular flexibility index (Phi) is 3.76. The second-order valence-corrected chi connectivity index (χ2v) is 6.52. The Labute approximate surface area is 109 Å². The van der Waals surface area contributed by atoms with Crippen LogP contribution in [0.5, 0.6) is 0 Å². The van der Waals surface area contributed by atoms with E-state index in [1.807, 2.05) is 0 Å². The maximum atomic E-state index is 5.42. The first kappa shape index (κ1) is 12.9. The summed E-state index contributed by atoms with van der Waals surface area (Å²) in [7, 11) is 0. The summed E-state index contributed by atoms with van der Waals surface area (Å²) in [6.45, 7) is 7.98. The van der Waals surface area contributed by atoms with Crippen LogP contribution in [-0.4, -0.2) is 9.55 Å². The topological polar surface area (TPSA) is 20.7 Å². The van der Waals surface area contributed by atoms with Gasteiger partial charge in [0.25, 0.3) is 0 Å². The molecular formula is C14H24N2S. The maximum absolute atomic E-state index is 5.42. The molecule has 1 saturated carbocycles. The number of hydrogen-bond acceptors (Lipinski definition) is 1. The highest BCUT2D eigenvalue weighted by atomic mass is 32.1. The molecule has 1 N–H and O–H groups in total. The van der Waals surface area contributed by atoms with Gasteiger partial charge in [-0.1, -0.05) is 40.0 Å². The molecule has 17 heavy (non-hydrogen) atoms. The monoisotopic (exact) mass is 252 g/mol. The summed E-state index contributed by atoms with van der Waals surface area (Å²) in [5.41, 5.74) is 1.80. The zero-order chi connectivity index (χ0) is 12.5. The Bertz CT molecular complexity index is 422. The molecule has 2 rings (SSSR count). The molecule has 1 aliphatic rings. The Morgan fingerprint density at radius 1 is 1.35 bits per heavy atom. The molecule has 1 aliphatic carbocycles. The fourth-order valence-electron chi connectivity index (χ4n) is 3.00. The highest BCUT2D eigenvalue weighted by Crippen LogP contribution is 2.37. The van der Waals surface area contributed by atoms with Crippen molar-refractivity contribution in [2.45, 2.75) is 65.3 Å². The average Bonchev–Trinajstić information content (AvgIpc) is 2.61. The van der Waals surface area contributed by atoms with Gasteiger partial charge in [-0.05, 0) is 36.4 Å². The fourth-order valence-corrected chi connectivity index (χ4v) is 3.22. The van der Waals surface area contributed by atoms with Gasteiger partial charge in [-0.25, -0.2) is 0 Å². The van der Waals surface area contributed by atoms with E-state index in [1.54, 1.807) is 0 Å². The minimum absolute atomic E-state index is 0.447. The van der Waals surface area contributed by atoms with Crippen LogP contribution in [0.15, 0.2) is 6.20 Å². The highest BCUT2D eigenvalue weighted by Gasteiger charge is 2.28. The van der Waals surface area contributed by atoms with Crippen molar-refractivity contribution in [3.05, 3.63) is 16.7 Å². The van der Waals surface area contributed by atoms with Crippen LogP contribution >= 0.6 is 12.2 Å². The number of nitrogens with zero attached hydrogens (tertiary/aromatic N) is 1. The van der Waals surface area contributed by atoms with Crippen molar-refractivity contribution >= 4 is 12.2 Å². The summed E-state index contributed by atoms with van der Waals surface area (Å²) in [5, 5.41) is 0. The summed E-state index contributed by atoms with van der Waals surface area (Å²) in [5.74, 6) is 0.537. The number of H-pyrrole nitrogens is 1. The lowest BCUT2D eigenvalue weighted by atomic mass is 9.75. The molecule has 1 aromatic rings. The smallest absolute Gasteiger partial charge is 0.177 e. The molecule has 96 valence electrons. The van der Waals surface area contributed by atoms with E-state index in [2.05, 4.69) is 36.5 Å². The molecule has 1 heterocycles. The van der Waals surface area contributed by atoms with Crippen molar-refractivity contribution in [1.29, 1.82) is 0 Å². The highest BCUT2D eigenvalue weighted by molar-refractivity contribution is 7.71. The number of aromatic amines is 1. The molecule has 0 spiro atoms. The van der Waals surface area contributed by atoms with Crippen LogP contribution < -0.4 is 0 Å². The number of hydrogen-bond donors (Lipinski definition) is 1. The molecule has 0 unspecified atom stereocenters. The van der Waals surface area contributed by atoms with Crippen molar-refractivity contribution in [1.82, 2.24) is 9.55 Å². The quantitative estimate of drug-likeness (QED) is 0.777. The van der Waals surface area contributed by atoms with E-state index in [4.69, 9.17) is 12.2 Å². The minimum atomic E-state index is 0.447. The van der Waals surface area contributed by atoms with E-state index in [1.165, 1.54) is 37.8 Å². The normalized spacial score (nSPS) is 19.8. The Morgan fingerprint density at radius 3 is 2.59 bits per heavy atom. The van der Waals surface area contributed by atoms with Gasteiger partial charge in [0.1, 0.15) is 0 Å². The Balaban J connectivity index is 2.22. The summed E-state index contributed by atoms with van der Waals surface area (Å²) in [6, 6.07) is 0. The van der Waals surface area contributed by atoms with Crippen molar-refractivity contribution in [3.63, 3.8) is 0 Å². The van der Waals surface area contributed by atoms with E-state index in [0.29, 0.717) is 11.3 Å². The van der Waals surface area contributed by atoms with Gasteiger partial charge in [0, 0.05) is 18.4 Å². The lowest BCUT2D eigenvalue weighted by molar-refractivity contribution is 0.180. The van der Waals surface area contributed by atoms with E-state index >= 15 is 0 Å². The van der Waals surface area contributed by atoms with Gasteiger partial charge in [0.2, 0.25) is 0 Å². The minimum Gasteiger partial charge on any atom is -0.337 e. The number of nitrogens with one attached hydrogen (secondary N) is 1. The van der Waals surface area contributed by atoms with Crippen LogP contribution in [0.1, 0.15) is 64.5 Å². The summed E-state index contributed by atoms with van der Waals surface area (Å²) < 4.78 is 3.21. The van der Waals surface area contributed by atoms with Gasteiger partial charge in [-0.3, -0.25) is 0 Å². The predicted molar refractivity (Wildman–Crippen MR) is 74.9 cm³/mol. The van der Waals surface area contributed by atoms with Crippen molar-refractivity contribution in [2.24, 2.45) is 5.41 Å². The van der Waals surface area contributed by atoms with Crippen molar-refractivity contribution < 1.29 is 0 Å². The predicted octanol–water partition coefficient (Wildman–Crippen LogP) is 4.64. The van der Waals surface area contributed by atoms with E-state index < -0.39 is 0 Å². The second kappa shape index (κ2) is 4.97. The molecule has 0 aromatic carbocycles. The van der Waals surface area contributed by atoms with Crippen LogP contribution in [0, 0.1) is 10.2 Å². The third-order valence-corrected chi connectivity index (χ3v) is 4.43. The molecule has 0 aliphatic heterocycles. The zero-order valence-electron chi connectivity index (χ0n) is 11.3. The van der Waals surface area contributed by atoms with Crippen molar-refractivity contribution in [2.75, 3.05) is 0 Å². The molecule has 0 amide bonds. The first-order valence-corrected chi connectivity index (χ1v) is 7.21. The molecule has 1 aromatic heterocycles. The molecule has 0 atom stereocenters. The number of imidazole rings is 1. The van der Waals surface area contributed by atoms with Gasteiger partial charge < -0.3 is 9.55 Å². The average molecular weight is 252 g/mol. The first-order valence-electron chi connectivity index (χ1n) is 6.80. The van der Waals surface area contributed by atoms with Gasteiger partial charge >= 0.3 is 0 Å². The molecule has 1 fully saturated rings. The summed E-state index contributed by atoms with van der Waals surface area (Å²) in [4.78, 5) is 3.20. The SMILES string of the molecule is CC(C)c1c[nH]c(=S)n1CC1(C)CCCCC1. The number of aromatic nitrogens is 2. The van der Waals surface area contributed by atoms with Crippen molar-refractivity contribution in [3.8, 4) is 0 Å². The van der Waals surface area contributed by atoms with E-state index in [-0.39, 0.29) is 0 Å². The lowest BCUT2D eigenvalue weighted by Crippen LogP contribution is -2.27. The second-order valence-electron chi connectivity index (χ2n) is 6.13. The van der Waals surface area contributed by atoms with Gasteiger partial charge in [-0.15, -0.1) is 0 Å². The van der Waals surface area contributed by atoms with E-state index in [9.17, 15) is 0 Å². The van der Waals surface area contributed by atoms with Gasteiger partial charge in [0.05, 0.1) is 0 Å². The summed E-state index contributed by atoms with van der Waals surface area (Å²) >= 11 is 5.42. The zero-order valence-corrected chi connectivity index (χ0v) is 12.1. The van der Waals surface area contributed by atoms with Crippen LogP contribution in [0.4, 0.5) is 0 Å². The molecule has 0 bridgehead atoms. The summed E-state index contributed by atoms with van der Waals surface area (Å²) in [6.07, 6.45) is 8.94. The number of rotatable bonds is 3. The lowest BCUT2D eigenvalue weighted by Gasteiger charge is -2.34. The fraction of sp³-hybridized carbons (Fsp3) is 0.786. The Hall–Kier alpha value is -0.570. The van der Waals surface area contributed by atoms with Crippen LogP contribution in [0.2, 0.25) is 0 Å².